The minimum atomic E-state index is 0.866. The quantitative estimate of drug-likeness (QED) is 0.721. The number of nitrogens with zero attached hydrogens (tertiary/aromatic N) is 4. The maximum absolute atomic E-state index is 4.31. The molecule has 0 saturated carbocycles. The Labute approximate surface area is 125 Å². The predicted molar refractivity (Wildman–Crippen MR) is 84.2 cm³/mol. The van der Waals surface area contributed by atoms with Crippen molar-refractivity contribution in [3.63, 3.8) is 0 Å². The van der Waals surface area contributed by atoms with Crippen LogP contribution in [0.15, 0.2) is 41.9 Å². The second-order valence-corrected chi connectivity index (χ2v) is 6.19. The molecule has 6 heteroatoms. The molecule has 0 aliphatic rings. The second kappa shape index (κ2) is 6.11. The van der Waals surface area contributed by atoms with E-state index in [0.717, 1.165) is 28.9 Å². The van der Waals surface area contributed by atoms with Crippen LogP contribution in [0.5, 0.6) is 0 Å². The lowest BCUT2D eigenvalue weighted by atomic mass is 10.4. The van der Waals surface area contributed by atoms with Gasteiger partial charge in [0.15, 0.2) is 5.01 Å². The molecule has 3 heterocycles. The van der Waals surface area contributed by atoms with Gasteiger partial charge in [0, 0.05) is 17.6 Å². The molecule has 3 aromatic heterocycles. The lowest BCUT2D eigenvalue weighted by Gasteiger charge is -2.17. The smallest absolute Gasteiger partial charge is 0.208 e. The predicted octanol–water partition coefficient (Wildman–Crippen LogP) is 3.69. The molecule has 0 saturated heterocycles. The zero-order valence-corrected chi connectivity index (χ0v) is 12.7. The molecule has 0 N–H and O–H groups in total. The number of thiophene rings is 1. The van der Waals surface area contributed by atoms with Crippen LogP contribution in [0, 0.1) is 0 Å². The minimum absolute atomic E-state index is 0.866. The largest absolute Gasteiger partial charge is 0.342 e. The lowest BCUT2D eigenvalue weighted by molar-refractivity contribution is 0.824. The first-order chi connectivity index (χ1) is 9.86. The first-order valence-corrected chi connectivity index (χ1v) is 8.08. The molecule has 0 aliphatic heterocycles. The highest BCUT2D eigenvalue weighted by atomic mass is 32.1. The van der Waals surface area contributed by atoms with Crippen LogP contribution >= 0.6 is 22.7 Å². The van der Waals surface area contributed by atoms with Gasteiger partial charge in [-0.15, -0.1) is 21.5 Å². The SMILES string of the molecule is CCN(Cc1cccs1)c1nnc(-c2ccccn2)s1. The summed E-state index contributed by atoms with van der Waals surface area (Å²) in [4.78, 5) is 7.88. The van der Waals surface area contributed by atoms with Gasteiger partial charge in [-0.3, -0.25) is 4.98 Å². The van der Waals surface area contributed by atoms with Gasteiger partial charge in [0.1, 0.15) is 5.69 Å². The van der Waals surface area contributed by atoms with Crippen molar-refractivity contribution < 1.29 is 0 Å². The number of aromatic nitrogens is 3. The Bertz CT molecular complexity index is 649. The highest BCUT2D eigenvalue weighted by Gasteiger charge is 2.13. The van der Waals surface area contributed by atoms with Crippen LogP contribution in [0.25, 0.3) is 10.7 Å². The molecule has 0 aromatic carbocycles. The van der Waals surface area contributed by atoms with Crippen molar-refractivity contribution in [2.75, 3.05) is 11.4 Å². The van der Waals surface area contributed by atoms with Crippen LogP contribution in [-0.4, -0.2) is 21.7 Å². The number of pyridine rings is 1. The molecule has 0 atom stereocenters. The van der Waals surface area contributed by atoms with Gasteiger partial charge in [0.25, 0.3) is 0 Å². The average molecular weight is 302 g/mol. The van der Waals surface area contributed by atoms with Gasteiger partial charge in [-0.25, -0.2) is 0 Å². The molecule has 0 aliphatic carbocycles. The Morgan fingerprint density at radius 2 is 2.10 bits per heavy atom. The highest BCUT2D eigenvalue weighted by Crippen LogP contribution is 2.28. The van der Waals surface area contributed by atoms with E-state index >= 15 is 0 Å². The van der Waals surface area contributed by atoms with Crippen LogP contribution < -0.4 is 4.90 Å². The summed E-state index contributed by atoms with van der Waals surface area (Å²) >= 11 is 3.35. The highest BCUT2D eigenvalue weighted by molar-refractivity contribution is 7.18. The Kier molecular flexibility index (Phi) is 4.03. The number of hydrogen-bond acceptors (Lipinski definition) is 6. The molecule has 0 fully saturated rings. The average Bonchev–Trinajstić information content (AvgIpc) is 3.17. The lowest BCUT2D eigenvalue weighted by Crippen LogP contribution is -2.21. The first-order valence-electron chi connectivity index (χ1n) is 6.39. The van der Waals surface area contributed by atoms with Crippen LogP contribution in [0.4, 0.5) is 5.13 Å². The van der Waals surface area contributed by atoms with Gasteiger partial charge in [-0.05, 0) is 30.5 Å². The molecule has 3 aromatic rings. The summed E-state index contributed by atoms with van der Waals surface area (Å²) in [7, 11) is 0. The zero-order chi connectivity index (χ0) is 13.8. The molecule has 0 spiro atoms. The fourth-order valence-corrected chi connectivity index (χ4v) is 3.45. The summed E-state index contributed by atoms with van der Waals surface area (Å²) < 4.78 is 0. The van der Waals surface area contributed by atoms with Crippen molar-refractivity contribution in [3.8, 4) is 10.7 Å². The molecule has 102 valence electrons. The molecular weight excluding hydrogens is 288 g/mol. The molecule has 0 unspecified atom stereocenters. The van der Waals surface area contributed by atoms with Crippen molar-refractivity contribution in [2.24, 2.45) is 0 Å². The van der Waals surface area contributed by atoms with Crippen LogP contribution in [0.1, 0.15) is 11.8 Å². The van der Waals surface area contributed by atoms with E-state index in [1.165, 1.54) is 4.88 Å². The zero-order valence-electron chi connectivity index (χ0n) is 11.1. The Morgan fingerprint density at radius 1 is 1.15 bits per heavy atom. The van der Waals surface area contributed by atoms with E-state index in [1.807, 2.05) is 18.2 Å². The van der Waals surface area contributed by atoms with Gasteiger partial charge in [-0.1, -0.05) is 23.5 Å². The van der Waals surface area contributed by atoms with Crippen LogP contribution in [0.2, 0.25) is 0 Å². The van der Waals surface area contributed by atoms with Gasteiger partial charge in [0.2, 0.25) is 5.13 Å². The fraction of sp³-hybridized carbons (Fsp3) is 0.214. The molecule has 0 radical (unpaired) electrons. The number of rotatable bonds is 5. The van der Waals surface area contributed by atoms with E-state index in [0.29, 0.717) is 0 Å². The van der Waals surface area contributed by atoms with Crippen LogP contribution in [-0.2, 0) is 6.54 Å². The van der Waals surface area contributed by atoms with E-state index in [1.54, 1.807) is 28.9 Å². The molecular formula is C14H14N4S2. The van der Waals surface area contributed by atoms with E-state index in [-0.39, 0.29) is 0 Å². The topological polar surface area (TPSA) is 41.9 Å². The summed E-state index contributed by atoms with van der Waals surface area (Å²) in [5.74, 6) is 0. The Morgan fingerprint density at radius 3 is 2.80 bits per heavy atom. The summed E-state index contributed by atoms with van der Waals surface area (Å²) in [5.41, 5.74) is 0.878. The summed E-state index contributed by atoms with van der Waals surface area (Å²) in [6, 6.07) is 10.0. The maximum atomic E-state index is 4.31. The Balaban J connectivity index is 1.81. The van der Waals surface area contributed by atoms with Crippen molar-refractivity contribution >= 4 is 27.8 Å². The first kappa shape index (κ1) is 13.2. The third-order valence-electron chi connectivity index (χ3n) is 2.88. The van der Waals surface area contributed by atoms with Crippen molar-refractivity contribution in [3.05, 3.63) is 46.8 Å². The second-order valence-electron chi connectivity index (χ2n) is 4.20. The number of anilines is 1. The monoisotopic (exact) mass is 302 g/mol. The van der Waals surface area contributed by atoms with E-state index in [2.05, 4.69) is 44.5 Å². The van der Waals surface area contributed by atoms with Crippen LogP contribution in [0.3, 0.4) is 0 Å². The van der Waals surface area contributed by atoms with E-state index in [9.17, 15) is 0 Å². The third kappa shape index (κ3) is 2.86. The summed E-state index contributed by atoms with van der Waals surface area (Å²) in [5, 5.41) is 12.5. The van der Waals surface area contributed by atoms with Crippen molar-refractivity contribution in [1.82, 2.24) is 15.2 Å². The van der Waals surface area contributed by atoms with Gasteiger partial charge in [0.05, 0.1) is 6.54 Å². The molecule has 0 amide bonds. The normalized spacial score (nSPS) is 10.7. The van der Waals surface area contributed by atoms with E-state index in [4.69, 9.17) is 0 Å². The Hall–Kier alpha value is -1.79. The van der Waals surface area contributed by atoms with E-state index < -0.39 is 0 Å². The standard InChI is InChI=1S/C14H14N4S2/c1-2-18(10-11-6-5-9-19-11)14-17-16-13(20-14)12-7-3-4-8-15-12/h3-9H,2,10H2,1H3. The minimum Gasteiger partial charge on any atom is -0.342 e. The fourth-order valence-electron chi connectivity index (χ4n) is 1.84. The van der Waals surface area contributed by atoms with Gasteiger partial charge < -0.3 is 4.90 Å². The molecule has 4 nitrogen and oxygen atoms in total. The molecule has 20 heavy (non-hydrogen) atoms. The summed E-state index contributed by atoms with van der Waals surface area (Å²) in [6.07, 6.45) is 1.78. The third-order valence-corrected chi connectivity index (χ3v) is 4.75. The van der Waals surface area contributed by atoms with Gasteiger partial charge in [-0.2, -0.15) is 0 Å². The van der Waals surface area contributed by atoms with Crippen molar-refractivity contribution in [1.29, 1.82) is 0 Å². The number of hydrogen-bond donors (Lipinski definition) is 0. The molecule has 3 rings (SSSR count). The van der Waals surface area contributed by atoms with Crippen molar-refractivity contribution in [2.45, 2.75) is 13.5 Å². The maximum Gasteiger partial charge on any atom is 0.208 e. The molecule has 0 bridgehead atoms. The van der Waals surface area contributed by atoms with Gasteiger partial charge >= 0.3 is 0 Å². The summed E-state index contributed by atoms with van der Waals surface area (Å²) in [6.45, 7) is 3.93.